The molecule has 194 valence electrons. The predicted octanol–water partition coefficient (Wildman–Crippen LogP) is 5.54. The zero-order valence-electron chi connectivity index (χ0n) is 21.2. The molecule has 2 aliphatic heterocycles. The summed E-state index contributed by atoms with van der Waals surface area (Å²) >= 11 is 0. The molecule has 0 bridgehead atoms. The number of carboxylic acids is 1. The molecule has 1 atom stereocenters. The molecule has 1 N–H and O–H groups in total. The van der Waals surface area contributed by atoms with Crippen LogP contribution in [0.1, 0.15) is 41.5 Å². The Kier molecular flexibility index (Phi) is 7.51. The van der Waals surface area contributed by atoms with Crippen LogP contribution in [0.15, 0.2) is 48.5 Å². The van der Waals surface area contributed by atoms with Crippen LogP contribution in [-0.2, 0) is 22.6 Å². The maximum atomic E-state index is 11.1. The first-order chi connectivity index (χ1) is 18.0. The number of carbonyl (C=O) groups is 1. The first kappa shape index (κ1) is 25.0. The smallest absolute Gasteiger partial charge is 0.304 e. The molecule has 0 amide bonds. The lowest BCUT2D eigenvalue weighted by Crippen LogP contribution is -2.07. The molecule has 0 radical (unpaired) electrons. The molecule has 0 saturated heterocycles. The Morgan fingerprint density at radius 2 is 1.89 bits per heavy atom. The number of aliphatic carboxylic acids is 1. The van der Waals surface area contributed by atoms with E-state index in [0.717, 1.165) is 40.2 Å². The van der Waals surface area contributed by atoms with Crippen molar-refractivity contribution in [1.82, 2.24) is 0 Å². The third-order valence-electron chi connectivity index (χ3n) is 6.72. The highest BCUT2D eigenvalue weighted by molar-refractivity contribution is 5.78. The number of rotatable bonds is 10. The van der Waals surface area contributed by atoms with Crippen molar-refractivity contribution in [3.8, 4) is 34.1 Å². The van der Waals surface area contributed by atoms with Gasteiger partial charge in [-0.1, -0.05) is 12.1 Å². The maximum absolute atomic E-state index is 11.1. The highest BCUT2D eigenvalue weighted by Crippen LogP contribution is 2.41. The monoisotopic (exact) mass is 504 g/mol. The number of aryl methyl sites for hydroxylation is 1. The minimum atomic E-state index is -0.823. The molecule has 37 heavy (non-hydrogen) atoms. The average Bonchev–Trinajstić information content (AvgIpc) is 3.16. The number of benzene rings is 3. The van der Waals surface area contributed by atoms with Gasteiger partial charge >= 0.3 is 5.97 Å². The molecule has 5 rings (SSSR count). The van der Waals surface area contributed by atoms with Crippen molar-refractivity contribution in [2.24, 2.45) is 0 Å². The fraction of sp³-hybridized carbons (Fsp3) is 0.367. The second-order valence-corrected chi connectivity index (χ2v) is 9.34. The van der Waals surface area contributed by atoms with Gasteiger partial charge in [0, 0.05) is 36.1 Å². The van der Waals surface area contributed by atoms with E-state index in [9.17, 15) is 4.79 Å². The van der Waals surface area contributed by atoms with Crippen molar-refractivity contribution >= 4 is 5.97 Å². The summed E-state index contributed by atoms with van der Waals surface area (Å²) in [5.41, 5.74) is 6.53. The minimum Gasteiger partial charge on any atom is -0.493 e. The Hall–Kier alpha value is -3.71. The van der Waals surface area contributed by atoms with Gasteiger partial charge in [0.05, 0.1) is 26.2 Å². The molecule has 0 aromatic heterocycles. The normalized spacial score (nSPS) is 15.5. The molecule has 7 heteroatoms. The lowest BCUT2D eigenvalue weighted by Gasteiger charge is -2.16. The summed E-state index contributed by atoms with van der Waals surface area (Å²) in [4.78, 5) is 11.1. The van der Waals surface area contributed by atoms with E-state index in [1.165, 1.54) is 11.1 Å². The van der Waals surface area contributed by atoms with E-state index in [4.69, 9.17) is 28.8 Å². The van der Waals surface area contributed by atoms with Crippen molar-refractivity contribution in [3.05, 3.63) is 70.8 Å². The molecule has 0 aliphatic carbocycles. The van der Waals surface area contributed by atoms with Gasteiger partial charge in [-0.2, -0.15) is 0 Å². The molecule has 2 aliphatic rings. The molecule has 2 heterocycles. The molecule has 0 saturated carbocycles. The van der Waals surface area contributed by atoms with Crippen LogP contribution in [0.4, 0.5) is 0 Å². The third kappa shape index (κ3) is 5.67. The van der Waals surface area contributed by atoms with Crippen LogP contribution in [0, 0.1) is 6.92 Å². The molecule has 0 spiro atoms. The summed E-state index contributed by atoms with van der Waals surface area (Å²) in [7, 11) is 0. The Morgan fingerprint density at radius 1 is 1.00 bits per heavy atom. The van der Waals surface area contributed by atoms with Gasteiger partial charge in [-0.25, -0.2) is 0 Å². The first-order valence-electron chi connectivity index (χ1n) is 12.7. The highest BCUT2D eigenvalue weighted by atomic mass is 16.5. The van der Waals surface area contributed by atoms with Crippen molar-refractivity contribution in [1.29, 1.82) is 0 Å². The van der Waals surface area contributed by atoms with E-state index < -0.39 is 5.97 Å². The largest absolute Gasteiger partial charge is 0.493 e. The van der Waals surface area contributed by atoms with Crippen LogP contribution in [0.2, 0.25) is 0 Å². The van der Waals surface area contributed by atoms with Crippen LogP contribution >= 0.6 is 0 Å². The summed E-state index contributed by atoms with van der Waals surface area (Å²) in [6, 6.07) is 16.0. The van der Waals surface area contributed by atoms with Gasteiger partial charge in [0.1, 0.15) is 36.2 Å². The van der Waals surface area contributed by atoms with Crippen LogP contribution in [0.3, 0.4) is 0 Å². The number of hydrogen-bond donors (Lipinski definition) is 1. The molecule has 1 unspecified atom stereocenters. The second-order valence-electron chi connectivity index (χ2n) is 9.34. The molecule has 7 nitrogen and oxygen atoms in total. The minimum absolute atomic E-state index is 0.0617. The molecule has 0 fully saturated rings. The standard InChI is InChI=1S/C30H32O7/c1-3-33-10-11-34-24-12-19(2)30-21(14-24)8-9-35-27-7-4-20(13-26(27)30)17-36-23-5-6-25-22(15-29(31)32)18-37-28(25)16-23/h4-7,12-14,16,22H,3,8-11,15,17-18H2,1-2H3,(H,31,32). The Morgan fingerprint density at radius 3 is 2.73 bits per heavy atom. The second kappa shape index (κ2) is 11.1. The Bertz CT molecular complexity index is 1280. The number of carboxylic acid groups (broad SMARTS) is 1. The van der Waals surface area contributed by atoms with Crippen molar-refractivity contribution in [3.63, 3.8) is 0 Å². The quantitative estimate of drug-likeness (QED) is 0.363. The Balaban J connectivity index is 1.32. The average molecular weight is 505 g/mol. The van der Waals surface area contributed by atoms with E-state index in [1.54, 1.807) is 0 Å². The number of hydrogen-bond acceptors (Lipinski definition) is 6. The van der Waals surface area contributed by atoms with E-state index in [1.807, 2.05) is 37.3 Å². The number of ether oxygens (including phenoxy) is 5. The highest BCUT2D eigenvalue weighted by Gasteiger charge is 2.27. The lowest BCUT2D eigenvalue weighted by molar-refractivity contribution is -0.137. The van der Waals surface area contributed by atoms with Crippen molar-refractivity contribution < 1.29 is 33.6 Å². The Labute approximate surface area is 216 Å². The van der Waals surface area contributed by atoms with Crippen molar-refractivity contribution in [2.75, 3.05) is 33.0 Å². The van der Waals surface area contributed by atoms with E-state index >= 15 is 0 Å². The zero-order valence-corrected chi connectivity index (χ0v) is 21.2. The van der Waals surface area contributed by atoms with E-state index in [-0.39, 0.29) is 12.3 Å². The van der Waals surface area contributed by atoms with Crippen LogP contribution in [-0.4, -0.2) is 44.1 Å². The molecular weight excluding hydrogens is 472 g/mol. The fourth-order valence-electron chi connectivity index (χ4n) is 5.01. The van der Waals surface area contributed by atoms with E-state index in [2.05, 4.69) is 25.1 Å². The predicted molar refractivity (Wildman–Crippen MR) is 139 cm³/mol. The van der Waals surface area contributed by atoms with Gasteiger partial charge in [0.25, 0.3) is 0 Å². The summed E-state index contributed by atoms with van der Waals surface area (Å²) in [6.07, 6.45) is 0.865. The SMILES string of the molecule is CCOCCOc1cc(C)c2c(c1)CCOc1ccc(COc3ccc4c(c3)OCC4CC(=O)O)cc1-2. The first-order valence-corrected chi connectivity index (χ1v) is 12.7. The molecule has 3 aromatic carbocycles. The number of fused-ring (bicyclic) bond motifs is 4. The van der Waals surface area contributed by atoms with Crippen molar-refractivity contribution in [2.45, 2.75) is 39.2 Å². The van der Waals surface area contributed by atoms with Crippen LogP contribution in [0.5, 0.6) is 23.0 Å². The van der Waals surface area contributed by atoms with Gasteiger partial charge in [-0.05, 0) is 66.4 Å². The zero-order chi connectivity index (χ0) is 25.8. The lowest BCUT2D eigenvalue weighted by atomic mass is 9.92. The van der Waals surface area contributed by atoms with E-state index in [0.29, 0.717) is 51.1 Å². The fourth-order valence-corrected chi connectivity index (χ4v) is 5.01. The van der Waals surface area contributed by atoms with Gasteiger partial charge in [-0.3, -0.25) is 4.79 Å². The van der Waals surface area contributed by atoms with Gasteiger partial charge in [0.15, 0.2) is 0 Å². The molecular formula is C30H32O7. The van der Waals surface area contributed by atoms with Crippen LogP contribution in [0.25, 0.3) is 11.1 Å². The van der Waals surface area contributed by atoms with Crippen LogP contribution < -0.4 is 18.9 Å². The maximum Gasteiger partial charge on any atom is 0.304 e. The van der Waals surface area contributed by atoms with Gasteiger partial charge < -0.3 is 28.8 Å². The summed E-state index contributed by atoms with van der Waals surface area (Å²) in [6.45, 7) is 7.23. The van der Waals surface area contributed by atoms with Gasteiger partial charge in [-0.15, -0.1) is 0 Å². The third-order valence-corrected chi connectivity index (χ3v) is 6.72. The molecule has 3 aromatic rings. The van der Waals surface area contributed by atoms with Gasteiger partial charge in [0.2, 0.25) is 0 Å². The topological polar surface area (TPSA) is 83.5 Å². The summed E-state index contributed by atoms with van der Waals surface area (Å²) < 4.78 is 29.2. The summed E-state index contributed by atoms with van der Waals surface area (Å²) in [5.74, 6) is 2.16. The summed E-state index contributed by atoms with van der Waals surface area (Å²) in [5, 5.41) is 9.11.